The highest BCUT2D eigenvalue weighted by molar-refractivity contribution is 5.78. The molecule has 0 unspecified atom stereocenters. The van der Waals surface area contributed by atoms with E-state index >= 15 is 0 Å². The van der Waals surface area contributed by atoms with E-state index in [4.69, 9.17) is 0 Å². The maximum Gasteiger partial charge on any atom is 0.223 e. The van der Waals surface area contributed by atoms with Crippen molar-refractivity contribution in [2.24, 2.45) is 0 Å². The van der Waals surface area contributed by atoms with Gasteiger partial charge in [0.2, 0.25) is 5.91 Å². The Morgan fingerprint density at radius 1 is 1.28 bits per heavy atom. The van der Waals surface area contributed by atoms with Crippen LogP contribution in [-0.2, 0) is 17.9 Å². The number of hydrogen-bond donors (Lipinski definition) is 1. The van der Waals surface area contributed by atoms with Crippen molar-refractivity contribution >= 4 is 17.5 Å². The lowest BCUT2D eigenvalue weighted by Gasteiger charge is -2.34. The Hall–Kier alpha value is -2.63. The van der Waals surface area contributed by atoms with Crippen molar-refractivity contribution in [3.8, 4) is 0 Å². The molecule has 1 aromatic carbocycles. The SMILES string of the molecule is CN(Cc1ccccc1)c1ncnc2c1CN1C(=O)CCC[C@@H]1CN2. The molecule has 0 bridgehead atoms. The van der Waals surface area contributed by atoms with Gasteiger partial charge in [-0.25, -0.2) is 9.97 Å². The number of carbonyl (C=O) groups excluding carboxylic acids is 1. The van der Waals surface area contributed by atoms with Gasteiger partial charge in [-0.15, -0.1) is 0 Å². The molecule has 3 heterocycles. The van der Waals surface area contributed by atoms with Crippen molar-refractivity contribution in [1.82, 2.24) is 14.9 Å². The van der Waals surface area contributed by atoms with Crippen molar-refractivity contribution < 1.29 is 4.79 Å². The first kappa shape index (κ1) is 15.9. The molecule has 1 fully saturated rings. The van der Waals surface area contributed by atoms with E-state index < -0.39 is 0 Å². The molecule has 2 aromatic rings. The summed E-state index contributed by atoms with van der Waals surface area (Å²) in [6.45, 7) is 2.11. The van der Waals surface area contributed by atoms with Crippen LogP contribution in [-0.4, -0.2) is 40.4 Å². The summed E-state index contributed by atoms with van der Waals surface area (Å²) in [5, 5.41) is 3.43. The molecule has 1 amide bonds. The highest BCUT2D eigenvalue weighted by Crippen LogP contribution is 2.31. The number of rotatable bonds is 3. The molecular formula is C19H23N5O. The second kappa shape index (κ2) is 6.70. The van der Waals surface area contributed by atoms with Crippen LogP contribution < -0.4 is 10.2 Å². The van der Waals surface area contributed by atoms with Gasteiger partial charge in [0.1, 0.15) is 18.0 Å². The van der Waals surface area contributed by atoms with Gasteiger partial charge in [0.05, 0.1) is 12.1 Å². The van der Waals surface area contributed by atoms with Crippen molar-refractivity contribution in [2.75, 3.05) is 23.8 Å². The third kappa shape index (κ3) is 3.16. The Labute approximate surface area is 147 Å². The molecule has 2 aliphatic heterocycles. The number of benzene rings is 1. The van der Waals surface area contributed by atoms with Crippen molar-refractivity contribution in [3.63, 3.8) is 0 Å². The molecule has 2 aliphatic rings. The summed E-state index contributed by atoms with van der Waals surface area (Å²) in [6, 6.07) is 10.6. The number of hydrogen-bond acceptors (Lipinski definition) is 5. The second-order valence-electron chi connectivity index (χ2n) is 6.81. The fourth-order valence-corrected chi connectivity index (χ4v) is 3.77. The molecular weight excluding hydrogens is 314 g/mol. The minimum atomic E-state index is 0.242. The zero-order valence-corrected chi connectivity index (χ0v) is 14.5. The summed E-state index contributed by atoms with van der Waals surface area (Å²) in [4.78, 5) is 25.5. The number of piperidine rings is 1. The van der Waals surface area contributed by atoms with Crippen LogP contribution in [0.25, 0.3) is 0 Å². The number of nitrogens with zero attached hydrogens (tertiary/aromatic N) is 4. The molecule has 1 atom stereocenters. The summed E-state index contributed by atoms with van der Waals surface area (Å²) in [5.41, 5.74) is 2.24. The Balaban J connectivity index is 1.64. The highest BCUT2D eigenvalue weighted by Gasteiger charge is 2.32. The van der Waals surface area contributed by atoms with E-state index in [0.29, 0.717) is 13.0 Å². The Kier molecular flexibility index (Phi) is 4.26. The van der Waals surface area contributed by atoms with E-state index in [1.807, 2.05) is 30.1 Å². The van der Waals surface area contributed by atoms with Gasteiger partial charge in [-0.1, -0.05) is 30.3 Å². The van der Waals surface area contributed by atoms with Crippen LogP contribution in [0.15, 0.2) is 36.7 Å². The molecule has 0 spiro atoms. The lowest BCUT2D eigenvalue weighted by Crippen LogP contribution is -2.45. The third-order valence-corrected chi connectivity index (χ3v) is 5.07. The molecule has 1 saturated heterocycles. The number of fused-ring (bicyclic) bond motifs is 2. The predicted molar refractivity (Wildman–Crippen MR) is 97.3 cm³/mol. The molecule has 6 nitrogen and oxygen atoms in total. The second-order valence-corrected chi connectivity index (χ2v) is 6.81. The number of amides is 1. The maximum absolute atomic E-state index is 12.4. The molecule has 0 aliphatic carbocycles. The van der Waals surface area contributed by atoms with Gasteiger partial charge >= 0.3 is 0 Å². The van der Waals surface area contributed by atoms with E-state index in [0.717, 1.165) is 43.1 Å². The van der Waals surface area contributed by atoms with Gasteiger partial charge in [0.25, 0.3) is 0 Å². The lowest BCUT2D eigenvalue weighted by atomic mass is 10.0. The van der Waals surface area contributed by atoms with Crippen LogP contribution in [0, 0.1) is 0 Å². The fraction of sp³-hybridized carbons (Fsp3) is 0.421. The summed E-state index contributed by atoms with van der Waals surface area (Å²) in [6.07, 6.45) is 4.28. The predicted octanol–water partition coefficient (Wildman–Crippen LogP) is 2.42. The third-order valence-electron chi connectivity index (χ3n) is 5.07. The van der Waals surface area contributed by atoms with Crippen molar-refractivity contribution in [3.05, 3.63) is 47.8 Å². The summed E-state index contributed by atoms with van der Waals surface area (Å²) in [5.74, 6) is 1.99. The number of anilines is 2. The van der Waals surface area contributed by atoms with E-state index in [-0.39, 0.29) is 11.9 Å². The molecule has 6 heteroatoms. The first-order valence-corrected chi connectivity index (χ1v) is 8.84. The van der Waals surface area contributed by atoms with E-state index in [2.05, 4.69) is 32.3 Å². The first-order valence-electron chi connectivity index (χ1n) is 8.84. The number of aromatic nitrogens is 2. The van der Waals surface area contributed by atoms with Gasteiger partial charge < -0.3 is 15.1 Å². The number of nitrogens with one attached hydrogen (secondary N) is 1. The average Bonchev–Trinajstić information content (AvgIpc) is 2.83. The zero-order valence-electron chi connectivity index (χ0n) is 14.5. The van der Waals surface area contributed by atoms with Crippen LogP contribution >= 0.6 is 0 Å². The lowest BCUT2D eigenvalue weighted by molar-refractivity contribution is -0.136. The summed E-state index contributed by atoms with van der Waals surface area (Å²) in [7, 11) is 2.04. The van der Waals surface area contributed by atoms with Crippen LogP contribution in [0.1, 0.15) is 30.4 Å². The molecule has 1 N–H and O–H groups in total. The monoisotopic (exact) mass is 337 g/mol. The average molecular weight is 337 g/mol. The molecule has 0 saturated carbocycles. The standard InChI is InChI=1S/C19H23N5O/c1-23(11-14-6-3-2-4-7-14)19-16-12-24-15(8-5-9-17(24)25)10-20-18(16)21-13-22-19/h2-4,6-7,13,15H,5,8-12H2,1H3,(H,20,21,22)/t15-/m1/s1. The van der Waals surface area contributed by atoms with Crippen molar-refractivity contribution in [1.29, 1.82) is 0 Å². The topological polar surface area (TPSA) is 61.4 Å². The largest absolute Gasteiger partial charge is 0.368 e. The summed E-state index contributed by atoms with van der Waals surface area (Å²) < 4.78 is 0. The quantitative estimate of drug-likeness (QED) is 0.932. The molecule has 0 radical (unpaired) electrons. The van der Waals surface area contributed by atoms with Crippen LogP contribution in [0.2, 0.25) is 0 Å². The molecule has 4 rings (SSSR count). The van der Waals surface area contributed by atoms with Gasteiger partial charge in [-0.2, -0.15) is 0 Å². The number of carbonyl (C=O) groups is 1. The molecule has 130 valence electrons. The summed E-state index contributed by atoms with van der Waals surface area (Å²) >= 11 is 0. The fourth-order valence-electron chi connectivity index (χ4n) is 3.77. The minimum Gasteiger partial charge on any atom is -0.368 e. The smallest absolute Gasteiger partial charge is 0.223 e. The van der Waals surface area contributed by atoms with Crippen LogP contribution in [0.4, 0.5) is 11.6 Å². The van der Waals surface area contributed by atoms with Crippen LogP contribution in [0.5, 0.6) is 0 Å². The van der Waals surface area contributed by atoms with E-state index in [1.54, 1.807) is 6.33 Å². The Morgan fingerprint density at radius 2 is 2.12 bits per heavy atom. The van der Waals surface area contributed by atoms with Gasteiger partial charge in [0, 0.05) is 32.6 Å². The minimum absolute atomic E-state index is 0.242. The van der Waals surface area contributed by atoms with Gasteiger partial charge in [-0.05, 0) is 18.4 Å². The maximum atomic E-state index is 12.4. The normalized spacial score (nSPS) is 19.5. The first-order chi connectivity index (χ1) is 12.2. The van der Waals surface area contributed by atoms with E-state index in [1.165, 1.54) is 5.56 Å². The van der Waals surface area contributed by atoms with E-state index in [9.17, 15) is 4.79 Å². The molecule has 25 heavy (non-hydrogen) atoms. The Bertz CT molecular complexity index is 764. The highest BCUT2D eigenvalue weighted by atomic mass is 16.2. The molecule has 1 aromatic heterocycles. The van der Waals surface area contributed by atoms with Gasteiger partial charge in [0.15, 0.2) is 0 Å². The van der Waals surface area contributed by atoms with Gasteiger partial charge in [-0.3, -0.25) is 4.79 Å². The van der Waals surface area contributed by atoms with Crippen molar-refractivity contribution in [2.45, 2.75) is 38.4 Å². The Morgan fingerprint density at radius 3 is 2.96 bits per heavy atom. The van der Waals surface area contributed by atoms with Crippen LogP contribution in [0.3, 0.4) is 0 Å². The zero-order chi connectivity index (χ0) is 17.2.